The van der Waals surface area contributed by atoms with Crippen LogP contribution in [0.1, 0.15) is 33.8 Å². The molecule has 5 rings (SSSR count). The molecular formula is C26H34B3N9O4. The second kappa shape index (κ2) is 11.9. The molecule has 1 aliphatic carbocycles. The fourth-order valence-corrected chi connectivity index (χ4v) is 4.72. The monoisotopic (exact) mass is 569 g/mol. The van der Waals surface area contributed by atoms with Crippen LogP contribution in [0.15, 0.2) is 30.3 Å². The molecule has 0 bridgehead atoms. The van der Waals surface area contributed by atoms with E-state index in [0.717, 1.165) is 25.9 Å². The van der Waals surface area contributed by atoms with Crippen molar-refractivity contribution in [1.29, 1.82) is 0 Å². The number of methoxy groups -OCH3 is 1. The maximum atomic E-state index is 13.2. The van der Waals surface area contributed by atoms with Crippen molar-refractivity contribution in [3.05, 3.63) is 41.7 Å². The standard InChI is InChI=1S/C26H34B3N9O4/c1-37-19(25(41)38-10-8-30-9-11-38)12-17(36-37)15-4-3-5-16(22(15)42-2)31-18-13-20(32-23(39)14-6-7-14)34-35-21(18)24(40)33-26(27,28)29/h3-5,12-14,30H,6-11,27-29H2,1-2H3,(H,33,40)(H2,31,32,34,39). The number of rotatable bonds is 9. The van der Waals surface area contributed by atoms with Crippen LogP contribution in [0.3, 0.4) is 0 Å². The largest absolute Gasteiger partial charge is 0.494 e. The zero-order valence-electron chi connectivity index (χ0n) is 24.6. The van der Waals surface area contributed by atoms with Gasteiger partial charge in [-0.2, -0.15) is 5.10 Å². The molecule has 216 valence electrons. The lowest BCUT2D eigenvalue weighted by atomic mass is 9.49. The third kappa shape index (κ3) is 6.59. The first-order chi connectivity index (χ1) is 20.0. The summed E-state index contributed by atoms with van der Waals surface area (Å²) >= 11 is 0. The van der Waals surface area contributed by atoms with Gasteiger partial charge in [0.05, 0.1) is 24.2 Å². The molecule has 1 aromatic carbocycles. The number of anilines is 3. The molecule has 2 aliphatic rings. The summed E-state index contributed by atoms with van der Waals surface area (Å²) in [7, 11) is 8.90. The third-order valence-corrected chi connectivity index (χ3v) is 6.96. The molecule has 0 spiro atoms. The highest BCUT2D eigenvalue weighted by Gasteiger charge is 2.30. The summed E-state index contributed by atoms with van der Waals surface area (Å²) in [5.74, 6) is 0.0446. The Labute approximate surface area is 246 Å². The predicted molar refractivity (Wildman–Crippen MR) is 166 cm³/mol. The normalized spacial score (nSPS) is 15.1. The molecule has 1 saturated heterocycles. The minimum atomic E-state index is -0.509. The zero-order chi connectivity index (χ0) is 30.0. The second-order valence-electron chi connectivity index (χ2n) is 11.6. The number of hydrogen-bond donors (Lipinski definition) is 4. The van der Waals surface area contributed by atoms with Crippen molar-refractivity contribution in [2.75, 3.05) is 43.9 Å². The van der Waals surface area contributed by atoms with E-state index in [0.29, 0.717) is 47.2 Å². The molecule has 1 aliphatic heterocycles. The molecule has 0 unspecified atom stereocenters. The van der Waals surface area contributed by atoms with Crippen molar-refractivity contribution in [2.45, 2.75) is 18.1 Å². The Kier molecular flexibility index (Phi) is 8.25. The van der Waals surface area contributed by atoms with Gasteiger partial charge in [-0.05, 0) is 36.3 Å². The van der Waals surface area contributed by atoms with E-state index in [1.54, 1.807) is 37.0 Å². The van der Waals surface area contributed by atoms with E-state index in [4.69, 9.17) is 4.74 Å². The van der Waals surface area contributed by atoms with Crippen molar-refractivity contribution in [1.82, 2.24) is 35.5 Å². The van der Waals surface area contributed by atoms with Crippen LogP contribution in [0.25, 0.3) is 11.3 Å². The molecule has 0 radical (unpaired) electrons. The number of ether oxygens (including phenoxy) is 1. The van der Waals surface area contributed by atoms with Crippen LogP contribution in [-0.4, -0.2) is 105 Å². The van der Waals surface area contributed by atoms with E-state index in [1.807, 2.05) is 40.6 Å². The number of para-hydroxylation sites is 1. The zero-order valence-corrected chi connectivity index (χ0v) is 24.6. The van der Waals surface area contributed by atoms with E-state index in [2.05, 4.69) is 36.6 Å². The van der Waals surface area contributed by atoms with Crippen molar-refractivity contribution in [3.8, 4) is 17.0 Å². The van der Waals surface area contributed by atoms with Crippen molar-refractivity contribution in [3.63, 3.8) is 0 Å². The molecule has 0 atom stereocenters. The van der Waals surface area contributed by atoms with Gasteiger partial charge in [-0.25, -0.2) is 0 Å². The SMILES string of the molecule is BC(B)(B)NC(=O)c1nnc(NC(=O)C2CC2)cc1Nc1cccc(-c2cc(C(=O)N3CCNCC3)n(C)n2)c1OC. The third-order valence-electron chi connectivity index (χ3n) is 6.96. The number of hydrogen-bond acceptors (Lipinski definition) is 9. The van der Waals surface area contributed by atoms with E-state index in [1.165, 1.54) is 0 Å². The second-order valence-corrected chi connectivity index (χ2v) is 11.6. The summed E-state index contributed by atoms with van der Waals surface area (Å²) in [6.45, 7) is 2.78. The van der Waals surface area contributed by atoms with Crippen LogP contribution in [0.5, 0.6) is 5.75 Å². The minimum Gasteiger partial charge on any atom is -0.494 e. The first-order valence-electron chi connectivity index (χ1n) is 14.0. The molecule has 42 heavy (non-hydrogen) atoms. The molecule has 3 aromatic rings. The molecule has 1 saturated carbocycles. The number of carbonyl (C=O) groups excluding carboxylic acids is 3. The molecule has 2 fully saturated rings. The molecule has 16 heteroatoms. The van der Waals surface area contributed by atoms with Gasteiger partial charge in [0.25, 0.3) is 11.8 Å². The first-order valence-corrected chi connectivity index (χ1v) is 14.0. The number of amides is 3. The van der Waals surface area contributed by atoms with Crippen LogP contribution in [0.2, 0.25) is 0 Å². The number of nitrogens with zero attached hydrogens (tertiary/aromatic N) is 5. The lowest BCUT2D eigenvalue weighted by molar-refractivity contribution is -0.117. The summed E-state index contributed by atoms with van der Waals surface area (Å²) in [6, 6.07) is 8.82. The quantitative estimate of drug-likeness (QED) is 0.220. The highest BCUT2D eigenvalue weighted by molar-refractivity contribution is 6.60. The lowest BCUT2D eigenvalue weighted by Crippen LogP contribution is -2.50. The number of aromatic nitrogens is 4. The van der Waals surface area contributed by atoms with E-state index < -0.39 is 11.1 Å². The van der Waals surface area contributed by atoms with Crippen LogP contribution in [0, 0.1) is 5.92 Å². The van der Waals surface area contributed by atoms with Crippen LogP contribution in [0.4, 0.5) is 17.2 Å². The van der Waals surface area contributed by atoms with Gasteiger partial charge < -0.3 is 30.9 Å². The summed E-state index contributed by atoms with van der Waals surface area (Å²) in [4.78, 5) is 40.6. The van der Waals surface area contributed by atoms with E-state index in [-0.39, 0.29) is 29.2 Å². The fourth-order valence-electron chi connectivity index (χ4n) is 4.72. The Morgan fingerprint density at radius 3 is 2.48 bits per heavy atom. The van der Waals surface area contributed by atoms with Gasteiger partial charge in [0.15, 0.2) is 17.3 Å². The minimum absolute atomic E-state index is 0.0226. The average molecular weight is 569 g/mol. The number of piperazine rings is 1. The Morgan fingerprint density at radius 2 is 1.81 bits per heavy atom. The highest BCUT2D eigenvalue weighted by Crippen LogP contribution is 2.38. The van der Waals surface area contributed by atoms with Crippen molar-refractivity contribution < 1.29 is 19.1 Å². The summed E-state index contributed by atoms with van der Waals surface area (Å²) in [5.41, 5.74) is 2.62. The Bertz CT molecular complexity index is 1520. The summed E-state index contributed by atoms with van der Waals surface area (Å²) < 4.78 is 7.40. The molecular weight excluding hydrogens is 535 g/mol. The number of benzene rings is 1. The topological polar surface area (TPSA) is 155 Å². The van der Waals surface area contributed by atoms with Gasteiger partial charge in [0.2, 0.25) is 5.91 Å². The lowest BCUT2D eigenvalue weighted by Gasteiger charge is -2.27. The Hall–Kier alpha value is -4.33. The molecule has 4 N–H and O–H groups in total. The van der Waals surface area contributed by atoms with E-state index >= 15 is 0 Å². The van der Waals surface area contributed by atoms with Crippen LogP contribution < -0.4 is 26.0 Å². The maximum Gasteiger partial charge on any atom is 0.272 e. The van der Waals surface area contributed by atoms with Crippen LogP contribution in [-0.2, 0) is 11.8 Å². The molecule has 2 aromatic heterocycles. The smallest absolute Gasteiger partial charge is 0.272 e. The average Bonchev–Trinajstić information content (AvgIpc) is 3.74. The van der Waals surface area contributed by atoms with E-state index in [9.17, 15) is 14.4 Å². The Balaban J connectivity index is 1.48. The van der Waals surface area contributed by atoms with Gasteiger partial charge in [-0.1, -0.05) is 6.07 Å². The summed E-state index contributed by atoms with van der Waals surface area (Å²) in [5, 5.41) is 24.6. The Morgan fingerprint density at radius 1 is 1.07 bits per heavy atom. The van der Waals surface area contributed by atoms with Crippen molar-refractivity contribution in [2.24, 2.45) is 13.0 Å². The predicted octanol–water partition coefficient (Wildman–Crippen LogP) is -1.74. The number of carbonyl (C=O) groups is 3. The van der Waals surface area contributed by atoms with Gasteiger partial charge in [0, 0.05) is 50.8 Å². The van der Waals surface area contributed by atoms with Crippen LogP contribution >= 0.6 is 0 Å². The number of aryl methyl sites for hydroxylation is 1. The number of nitrogens with one attached hydrogen (secondary N) is 4. The van der Waals surface area contributed by atoms with Gasteiger partial charge in [-0.15, -0.1) is 10.2 Å². The van der Waals surface area contributed by atoms with Crippen molar-refractivity contribution >= 4 is 58.5 Å². The maximum absolute atomic E-state index is 13.2. The molecule has 13 nitrogen and oxygen atoms in total. The van der Waals surface area contributed by atoms with Gasteiger partial charge in [-0.3, -0.25) is 19.1 Å². The van der Waals surface area contributed by atoms with Gasteiger partial charge >= 0.3 is 0 Å². The first kappa shape index (κ1) is 29.2. The highest BCUT2D eigenvalue weighted by atomic mass is 16.5. The summed E-state index contributed by atoms with van der Waals surface area (Å²) in [6.07, 6.45) is 1.69. The van der Waals surface area contributed by atoms with Gasteiger partial charge in [0.1, 0.15) is 29.2 Å². The fraction of sp³-hybridized carbons (Fsp3) is 0.385. The molecule has 3 amide bonds. The molecule has 3 heterocycles.